The SMILES string of the molecule is O=C(O)c1ccc(NC2c3cccc4cccc(c34)C2NS(=O)(=O)c2ccccc2)cc1. The zero-order valence-corrected chi connectivity index (χ0v) is 17.7. The lowest BCUT2D eigenvalue weighted by atomic mass is 10.0. The van der Waals surface area contributed by atoms with Crippen LogP contribution < -0.4 is 10.0 Å². The minimum absolute atomic E-state index is 0.189. The number of aromatic carboxylic acids is 1. The largest absolute Gasteiger partial charge is 0.478 e. The number of nitrogens with one attached hydrogen (secondary N) is 2. The summed E-state index contributed by atoms with van der Waals surface area (Å²) in [5.41, 5.74) is 2.78. The molecule has 1 aliphatic rings. The maximum atomic E-state index is 13.2. The predicted molar refractivity (Wildman–Crippen MR) is 123 cm³/mol. The second-order valence-corrected chi connectivity index (χ2v) is 9.42. The van der Waals surface area contributed by atoms with Crippen LogP contribution in [0.15, 0.2) is 95.9 Å². The Morgan fingerprint density at radius 3 is 2.00 bits per heavy atom. The summed E-state index contributed by atoms with van der Waals surface area (Å²) in [5, 5.41) is 14.6. The number of carbonyl (C=O) groups is 1. The monoisotopic (exact) mass is 444 g/mol. The zero-order chi connectivity index (χ0) is 22.3. The van der Waals surface area contributed by atoms with Crippen molar-refractivity contribution in [2.75, 3.05) is 5.32 Å². The minimum atomic E-state index is -3.77. The number of sulfonamides is 1. The van der Waals surface area contributed by atoms with Crippen LogP contribution in [0.1, 0.15) is 33.6 Å². The molecule has 0 fully saturated rings. The molecular weight excluding hydrogens is 424 g/mol. The molecule has 0 saturated heterocycles. The molecule has 2 atom stereocenters. The van der Waals surface area contributed by atoms with Gasteiger partial charge in [0, 0.05) is 5.69 Å². The number of carboxylic acid groups (broad SMARTS) is 1. The van der Waals surface area contributed by atoms with Crippen molar-refractivity contribution in [3.63, 3.8) is 0 Å². The van der Waals surface area contributed by atoms with E-state index in [1.807, 2.05) is 36.4 Å². The van der Waals surface area contributed by atoms with Gasteiger partial charge in [-0.05, 0) is 58.3 Å². The van der Waals surface area contributed by atoms with Gasteiger partial charge in [0.1, 0.15) is 0 Å². The molecule has 4 aromatic rings. The van der Waals surface area contributed by atoms with Gasteiger partial charge in [0.2, 0.25) is 10.0 Å². The van der Waals surface area contributed by atoms with Crippen molar-refractivity contribution in [1.82, 2.24) is 4.72 Å². The average Bonchev–Trinajstić information content (AvgIpc) is 3.09. The Bertz CT molecular complexity index is 1410. The second kappa shape index (κ2) is 7.78. The summed E-state index contributed by atoms with van der Waals surface area (Å²) >= 11 is 0. The summed E-state index contributed by atoms with van der Waals surface area (Å²) in [6.45, 7) is 0. The van der Waals surface area contributed by atoms with Crippen molar-refractivity contribution >= 4 is 32.5 Å². The van der Waals surface area contributed by atoms with E-state index in [1.54, 1.807) is 42.5 Å². The van der Waals surface area contributed by atoms with Gasteiger partial charge in [0.25, 0.3) is 0 Å². The Morgan fingerprint density at radius 1 is 0.750 bits per heavy atom. The molecule has 0 spiro atoms. The topological polar surface area (TPSA) is 95.5 Å². The van der Waals surface area contributed by atoms with E-state index in [0.717, 1.165) is 21.9 Å². The van der Waals surface area contributed by atoms with Gasteiger partial charge < -0.3 is 10.4 Å². The van der Waals surface area contributed by atoms with Gasteiger partial charge in [-0.2, -0.15) is 0 Å². The quantitative estimate of drug-likeness (QED) is 0.400. The van der Waals surface area contributed by atoms with Crippen molar-refractivity contribution in [1.29, 1.82) is 0 Å². The number of rotatable bonds is 6. The molecule has 1 aliphatic carbocycles. The third kappa shape index (κ3) is 3.51. The van der Waals surface area contributed by atoms with Crippen LogP contribution in [0.2, 0.25) is 0 Å². The van der Waals surface area contributed by atoms with Crippen LogP contribution in [0.3, 0.4) is 0 Å². The molecule has 6 nitrogen and oxygen atoms in total. The first-order chi connectivity index (χ1) is 15.4. The summed E-state index contributed by atoms with van der Waals surface area (Å²) in [6, 6.07) is 25.6. The van der Waals surface area contributed by atoms with Crippen LogP contribution in [0.25, 0.3) is 10.8 Å². The standard InChI is InChI=1S/C25H20N2O4S/c28-25(29)17-12-14-18(15-13-17)26-23-20-10-4-6-16-7-5-11-21(22(16)20)24(23)27-32(30,31)19-8-2-1-3-9-19/h1-15,23-24,26-27H,(H,28,29). The lowest BCUT2D eigenvalue weighted by Crippen LogP contribution is -2.33. The third-order valence-corrected chi connectivity index (χ3v) is 7.22. The normalized spacial score (nSPS) is 17.4. The van der Waals surface area contributed by atoms with Crippen molar-refractivity contribution in [3.05, 3.63) is 108 Å². The van der Waals surface area contributed by atoms with Crippen molar-refractivity contribution < 1.29 is 18.3 Å². The van der Waals surface area contributed by atoms with Crippen molar-refractivity contribution in [2.24, 2.45) is 0 Å². The van der Waals surface area contributed by atoms with E-state index in [9.17, 15) is 13.2 Å². The molecule has 0 heterocycles. The van der Waals surface area contributed by atoms with Gasteiger partial charge in [-0.15, -0.1) is 0 Å². The fourth-order valence-corrected chi connectivity index (χ4v) is 5.54. The van der Waals surface area contributed by atoms with Crippen LogP contribution in [-0.4, -0.2) is 19.5 Å². The fourth-order valence-electron chi connectivity index (χ4n) is 4.29. The molecule has 0 bridgehead atoms. The Morgan fingerprint density at radius 2 is 1.38 bits per heavy atom. The summed E-state index contributed by atoms with van der Waals surface area (Å²) in [7, 11) is -3.77. The highest BCUT2D eigenvalue weighted by Gasteiger charge is 2.37. The number of benzene rings is 4. The highest BCUT2D eigenvalue weighted by Crippen LogP contribution is 2.46. The Balaban J connectivity index is 1.57. The first-order valence-corrected chi connectivity index (χ1v) is 11.6. The molecule has 7 heteroatoms. The van der Waals surface area contributed by atoms with E-state index < -0.39 is 22.0 Å². The first-order valence-electron chi connectivity index (χ1n) is 10.1. The number of anilines is 1. The molecule has 0 saturated carbocycles. The molecule has 160 valence electrons. The molecule has 5 rings (SSSR count). The summed E-state index contributed by atoms with van der Waals surface area (Å²) in [6.07, 6.45) is 0. The molecular formula is C25H20N2O4S. The molecule has 3 N–H and O–H groups in total. The summed E-state index contributed by atoms with van der Waals surface area (Å²) < 4.78 is 29.2. The van der Waals surface area contributed by atoms with E-state index in [1.165, 1.54) is 12.1 Å². The Hall–Kier alpha value is -3.68. The third-order valence-electron chi connectivity index (χ3n) is 5.76. The van der Waals surface area contributed by atoms with Crippen molar-refractivity contribution in [2.45, 2.75) is 17.0 Å². The van der Waals surface area contributed by atoms with Gasteiger partial charge in [0.05, 0.1) is 22.5 Å². The predicted octanol–water partition coefficient (Wildman–Crippen LogP) is 4.72. The average molecular weight is 445 g/mol. The van der Waals surface area contributed by atoms with Gasteiger partial charge in [-0.1, -0.05) is 54.6 Å². The molecule has 0 aromatic heterocycles. The number of hydrogen-bond donors (Lipinski definition) is 3. The van der Waals surface area contributed by atoms with E-state index in [2.05, 4.69) is 10.0 Å². The smallest absolute Gasteiger partial charge is 0.335 e. The molecule has 4 aromatic carbocycles. The maximum absolute atomic E-state index is 13.2. The molecule has 0 amide bonds. The summed E-state index contributed by atoms with van der Waals surface area (Å²) in [5.74, 6) is -0.997. The Labute approximate surface area is 185 Å². The van der Waals surface area contributed by atoms with Crippen LogP contribution in [0.4, 0.5) is 5.69 Å². The highest BCUT2D eigenvalue weighted by atomic mass is 32.2. The lowest BCUT2D eigenvalue weighted by molar-refractivity contribution is 0.0697. The van der Waals surface area contributed by atoms with Gasteiger partial charge in [0.15, 0.2) is 0 Å². The van der Waals surface area contributed by atoms with Crippen LogP contribution in [0, 0.1) is 0 Å². The van der Waals surface area contributed by atoms with Gasteiger partial charge in [-0.25, -0.2) is 17.9 Å². The zero-order valence-electron chi connectivity index (χ0n) is 16.9. The summed E-state index contributed by atoms with van der Waals surface area (Å²) in [4.78, 5) is 11.4. The second-order valence-electron chi connectivity index (χ2n) is 7.71. The maximum Gasteiger partial charge on any atom is 0.335 e. The molecule has 0 radical (unpaired) electrons. The van der Waals surface area contributed by atoms with Crippen LogP contribution >= 0.6 is 0 Å². The Kier molecular flexibility index (Phi) is 4.92. The minimum Gasteiger partial charge on any atom is -0.478 e. The van der Waals surface area contributed by atoms with E-state index in [-0.39, 0.29) is 16.5 Å². The first kappa shape index (κ1) is 20.2. The van der Waals surface area contributed by atoms with Gasteiger partial charge in [-0.3, -0.25) is 0 Å². The molecule has 32 heavy (non-hydrogen) atoms. The van der Waals surface area contributed by atoms with Crippen LogP contribution in [0.5, 0.6) is 0 Å². The van der Waals surface area contributed by atoms with E-state index in [4.69, 9.17) is 5.11 Å². The molecule has 2 unspecified atom stereocenters. The van der Waals surface area contributed by atoms with Crippen LogP contribution in [-0.2, 0) is 10.0 Å². The van der Waals surface area contributed by atoms with Gasteiger partial charge >= 0.3 is 5.97 Å². The number of carboxylic acids is 1. The lowest BCUT2D eigenvalue weighted by Gasteiger charge is -2.25. The molecule has 0 aliphatic heterocycles. The number of hydrogen-bond acceptors (Lipinski definition) is 4. The van der Waals surface area contributed by atoms with E-state index >= 15 is 0 Å². The highest BCUT2D eigenvalue weighted by molar-refractivity contribution is 7.89. The fraction of sp³-hybridized carbons (Fsp3) is 0.0800. The van der Waals surface area contributed by atoms with Crippen molar-refractivity contribution in [3.8, 4) is 0 Å². The van der Waals surface area contributed by atoms with E-state index in [0.29, 0.717) is 5.69 Å².